The molecule has 182 valence electrons. The number of hydrogen-bond acceptors (Lipinski definition) is 5. The monoisotopic (exact) mass is 495 g/mol. The molecule has 0 saturated carbocycles. The Labute approximate surface area is 215 Å². The average Bonchev–Trinajstić information content (AvgIpc) is 3.56. The van der Waals surface area contributed by atoms with E-state index in [0.29, 0.717) is 17.7 Å². The Morgan fingerprint density at radius 3 is 2.64 bits per heavy atom. The summed E-state index contributed by atoms with van der Waals surface area (Å²) in [7, 11) is 1.37. The summed E-state index contributed by atoms with van der Waals surface area (Å²) in [5, 5.41) is 15.4. The zero-order valence-corrected chi connectivity index (χ0v) is 21.5. The zero-order valence-electron chi connectivity index (χ0n) is 20.7. The number of aryl methyl sites for hydroxylation is 1. The zero-order chi connectivity index (χ0) is 25.5. The normalized spacial score (nSPS) is 11.4. The highest BCUT2D eigenvalue weighted by Gasteiger charge is 2.18. The second-order valence-corrected chi connectivity index (χ2v) is 9.21. The fourth-order valence-corrected chi connectivity index (χ4v) is 5.28. The Morgan fingerprint density at radius 1 is 1.08 bits per heavy atom. The maximum atomic E-state index is 12.6. The van der Waals surface area contributed by atoms with E-state index >= 15 is 0 Å². The smallest absolute Gasteiger partial charge is 0.339 e. The van der Waals surface area contributed by atoms with Crippen LogP contribution in [0.15, 0.2) is 79.0 Å². The first kappa shape index (κ1) is 25.0. The Kier molecular flexibility index (Phi) is 8.04. The largest absolute Gasteiger partial charge is 0.465 e. The summed E-state index contributed by atoms with van der Waals surface area (Å²) in [4.78, 5) is 17.0. The van der Waals surface area contributed by atoms with Gasteiger partial charge in [0.2, 0.25) is 0 Å². The minimum Gasteiger partial charge on any atom is -0.465 e. The van der Waals surface area contributed by atoms with Crippen LogP contribution in [0.3, 0.4) is 0 Å². The van der Waals surface area contributed by atoms with Crippen LogP contribution in [0, 0.1) is 11.3 Å². The number of nitrogens with one attached hydrogen (secondary N) is 2. The molecule has 0 spiro atoms. The third-order valence-electron chi connectivity index (χ3n) is 6.00. The molecule has 1 unspecified atom stereocenters. The molecule has 5 aromatic rings. The van der Waals surface area contributed by atoms with Gasteiger partial charge in [0.15, 0.2) is 0 Å². The van der Waals surface area contributed by atoms with E-state index < -0.39 is 12.0 Å². The SMILES string of the molecule is CC.COC(=O)c1cc(-c2cc3ccccc3s2)ccc1NC(C#N)CCc1c[nH]c2ccccc12. The fraction of sp³-hybridized carbons (Fsp3) is 0.200. The van der Waals surface area contributed by atoms with Crippen molar-refractivity contribution in [2.75, 3.05) is 12.4 Å². The van der Waals surface area contributed by atoms with Crippen molar-refractivity contribution in [2.24, 2.45) is 0 Å². The first-order chi connectivity index (χ1) is 17.7. The van der Waals surface area contributed by atoms with Crippen molar-refractivity contribution in [2.45, 2.75) is 32.7 Å². The molecule has 2 aromatic heterocycles. The van der Waals surface area contributed by atoms with Crippen molar-refractivity contribution in [3.05, 3.63) is 90.1 Å². The molecule has 36 heavy (non-hydrogen) atoms. The average molecular weight is 496 g/mol. The number of aromatic nitrogens is 1. The fourth-order valence-electron chi connectivity index (χ4n) is 4.22. The summed E-state index contributed by atoms with van der Waals surface area (Å²) in [6.07, 6.45) is 3.35. The van der Waals surface area contributed by atoms with Crippen molar-refractivity contribution < 1.29 is 9.53 Å². The number of rotatable bonds is 7. The minimum atomic E-state index is -0.452. The lowest BCUT2D eigenvalue weighted by Gasteiger charge is -2.16. The van der Waals surface area contributed by atoms with Crippen molar-refractivity contribution in [1.82, 2.24) is 4.98 Å². The molecule has 5 rings (SSSR count). The van der Waals surface area contributed by atoms with Crippen LogP contribution in [0.5, 0.6) is 0 Å². The van der Waals surface area contributed by atoms with Crippen LogP contribution in [0.2, 0.25) is 0 Å². The van der Waals surface area contributed by atoms with E-state index in [1.807, 2.05) is 68.6 Å². The van der Waals surface area contributed by atoms with Gasteiger partial charge >= 0.3 is 5.97 Å². The lowest BCUT2D eigenvalue weighted by molar-refractivity contribution is 0.0602. The number of anilines is 1. The van der Waals surface area contributed by atoms with E-state index in [-0.39, 0.29) is 0 Å². The van der Waals surface area contributed by atoms with Crippen molar-refractivity contribution in [3.63, 3.8) is 0 Å². The standard InChI is InChI=1S/C28H23N3O2S.C2H6/c1-33-28(32)23-14-19(27-15-18-6-2-5-9-26(18)34-27)11-13-25(23)31-21(16-29)12-10-20-17-30-24-8-4-3-7-22(20)24;1-2/h2-9,11,13-15,17,21,30-31H,10,12H2,1H3;1-2H3. The van der Waals surface area contributed by atoms with Gasteiger partial charge in [-0.3, -0.25) is 0 Å². The molecule has 0 aliphatic carbocycles. The van der Waals surface area contributed by atoms with Crippen molar-refractivity contribution >= 4 is 44.0 Å². The van der Waals surface area contributed by atoms with E-state index in [0.717, 1.165) is 22.4 Å². The summed E-state index contributed by atoms with van der Waals surface area (Å²) in [6.45, 7) is 4.00. The number of carbonyl (C=O) groups excluding carboxylic acids is 1. The molecule has 2 heterocycles. The van der Waals surface area contributed by atoms with Gasteiger partial charge < -0.3 is 15.0 Å². The third-order valence-corrected chi connectivity index (χ3v) is 7.16. The molecule has 0 fully saturated rings. The van der Waals surface area contributed by atoms with Crippen LogP contribution in [0.25, 0.3) is 31.4 Å². The summed E-state index contributed by atoms with van der Waals surface area (Å²) in [5.74, 6) is -0.432. The van der Waals surface area contributed by atoms with Crippen LogP contribution >= 0.6 is 11.3 Å². The predicted octanol–water partition coefficient (Wildman–Crippen LogP) is 7.80. The molecule has 0 aliphatic heterocycles. The summed E-state index contributed by atoms with van der Waals surface area (Å²) in [5.41, 5.74) is 4.22. The Balaban J connectivity index is 0.00000148. The Bertz CT molecular complexity index is 1490. The summed E-state index contributed by atoms with van der Waals surface area (Å²) >= 11 is 1.68. The van der Waals surface area contributed by atoms with Crippen LogP contribution in [0.1, 0.15) is 36.2 Å². The van der Waals surface area contributed by atoms with Gasteiger partial charge in [-0.15, -0.1) is 11.3 Å². The number of methoxy groups -OCH3 is 1. The van der Waals surface area contributed by atoms with Crippen LogP contribution in [-0.4, -0.2) is 24.1 Å². The molecule has 0 radical (unpaired) electrons. The van der Waals surface area contributed by atoms with Gasteiger partial charge in [-0.2, -0.15) is 5.26 Å². The molecule has 0 amide bonds. The van der Waals surface area contributed by atoms with Gasteiger partial charge in [0.05, 0.1) is 18.7 Å². The summed E-state index contributed by atoms with van der Waals surface area (Å²) in [6, 6.07) is 26.0. The van der Waals surface area contributed by atoms with Gasteiger partial charge in [0, 0.05) is 32.4 Å². The molecule has 6 heteroatoms. The number of thiophene rings is 1. The van der Waals surface area contributed by atoms with Crippen LogP contribution in [0.4, 0.5) is 5.69 Å². The van der Waals surface area contributed by atoms with Gasteiger partial charge in [0.25, 0.3) is 0 Å². The number of nitriles is 1. The van der Waals surface area contributed by atoms with Gasteiger partial charge in [-0.25, -0.2) is 4.79 Å². The number of aromatic amines is 1. The number of H-pyrrole nitrogens is 1. The number of ether oxygens (including phenoxy) is 1. The number of nitrogens with zero attached hydrogens (tertiary/aromatic N) is 1. The predicted molar refractivity (Wildman–Crippen MR) is 150 cm³/mol. The molecule has 3 aromatic carbocycles. The third kappa shape index (κ3) is 5.27. The summed E-state index contributed by atoms with van der Waals surface area (Å²) < 4.78 is 6.24. The topological polar surface area (TPSA) is 77.9 Å². The quantitative estimate of drug-likeness (QED) is 0.226. The number of fused-ring (bicyclic) bond motifs is 2. The second kappa shape index (κ2) is 11.6. The number of hydrogen-bond donors (Lipinski definition) is 2. The van der Waals surface area contributed by atoms with Crippen LogP contribution < -0.4 is 5.32 Å². The lowest BCUT2D eigenvalue weighted by Crippen LogP contribution is -2.20. The molecule has 0 bridgehead atoms. The van der Waals surface area contributed by atoms with Crippen LogP contribution in [-0.2, 0) is 11.2 Å². The van der Waals surface area contributed by atoms with E-state index in [4.69, 9.17) is 4.74 Å². The second-order valence-electron chi connectivity index (χ2n) is 8.12. The van der Waals surface area contributed by atoms with Crippen molar-refractivity contribution in [1.29, 1.82) is 5.26 Å². The van der Waals surface area contributed by atoms with Crippen molar-refractivity contribution in [3.8, 4) is 16.5 Å². The van der Waals surface area contributed by atoms with Gasteiger partial charge in [0.1, 0.15) is 6.04 Å². The Hall–Kier alpha value is -4.08. The maximum Gasteiger partial charge on any atom is 0.339 e. The van der Waals surface area contributed by atoms with Gasteiger partial charge in [-0.05, 0) is 59.7 Å². The highest BCUT2D eigenvalue weighted by molar-refractivity contribution is 7.22. The minimum absolute atomic E-state index is 0.421. The highest BCUT2D eigenvalue weighted by Crippen LogP contribution is 2.35. The van der Waals surface area contributed by atoms with E-state index in [2.05, 4.69) is 40.6 Å². The molecule has 0 saturated heterocycles. The number of esters is 1. The van der Waals surface area contributed by atoms with E-state index in [9.17, 15) is 10.1 Å². The first-order valence-corrected chi connectivity index (χ1v) is 12.9. The molecule has 1 atom stereocenters. The van der Waals surface area contributed by atoms with E-state index in [1.165, 1.54) is 28.1 Å². The molecule has 0 aliphatic rings. The molecule has 2 N–H and O–H groups in total. The maximum absolute atomic E-state index is 12.6. The number of benzene rings is 3. The number of para-hydroxylation sites is 1. The molecule has 5 nitrogen and oxygen atoms in total. The van der Waals surface area contributed by atoms with E-state index in [1.54, 1.807) is 11.3 Å². The molecular weight excluding hydrogens is 466 g/mol. The Morgan fingerprint density at radius 2 is 1.86 bits per heavy atom. The first-order valence-electron chi connectivity index (χ1n) is 12.1. The van der Waals surface area contributed by atoms with Gasteiger partial charge in [-0.1, -0.05) is 56.3 Å². The molecular formula is C30H29N3O2S. The number of carbonyl (C=O) groups is 1. The highest BCUT2D eigenvalue weighted by atomic mass is 32.1. The lowest BCUT2D eigenvalue weighted by atomic mass is 10.0.